The third kappa shape index (κ3) is 7.45. The van der Waals surface area contributed by atoms with Gasteiger partial charge in [0.25, 0.3) is 21.8 Å². The number of nitrogens with zero attached hydrogens (tertiary/aromatic N) is 3. The van der Waals surface area contributed by atoms with E-state index < -0.39 is 22.5 Å². The number of carbonyl (C=O) groups is 2. The van der Waals surface area contributed by atoms with Gasteiger partial charge in [-0.1, -0.05) is 35.9 Å². The van der Waals surface area contributed by atoms with Crippen molar-refractivity contribution in [1.29, 1.82) is 0 Å². The largest absolute Gasteiger partial charge is 0.484 e. The van der Waals surface area contributed by atoms with Gasteiger partial charge in [0.1, 0.15) is 12.3 Å². The molecule has 1 N–H and O–H groups in total. The number of aryl methyl sites for hydroxylation is 2. The first-order valence-corrected chi connectivity index (χ1v) is 14.2. The molecule has 10 nitrogen and oxygen atoms in total. The molecule has 4 rings (SSSR count). The molecule has 0 radical (unpaired) electrons. The molecule has 0 aromatic heterocycles. The van der Waals surface area contributed by atoms with Gasteiger partial charge in [0.2, 0.25) is 0 Å². The van der Waals surface area contributed by atoms with Gasteiger partial charge in [0.05, 0.1) is 30.0 Å². The second-order valence-electron chi connectivity index (χ2n) is 9.26. The van der Waals surface area contributed by atoms with E-state index in [9.17, 15) is 18.0 Å². The Morgan fingerprint density at radius 1 is 1.00 bits per heavy atom. The molecule has 3 aromatic carbocycles. The van der Waals surface area contributed by atoms with Gasteiger partial charge in [0, 0.05) is 13.1 Å². The van der Waals surface area contributed by atoms with Crippen molar-refractivity contribution in [2.75, 3.05) is 43.8 Å². The number of para-hydroxylation sites is 1. The standard InChI is InChI=1S/C29H32N4O6S/c1-22-7-13-26(14-8-22)40(36,37)33(27-6-4-3-5-23(27)2)20-28(34)31-30-19-24-9-11-25(12-10-24)39-21-29(35)32-15-17-38-18-16-32/h3-14,19H,15-18,20-21H2,1-2H3,(H,31,34)/b30-19-. The molecule has 2 amide bonds. The van der Waals surface area contributed by atoms with Crippen molar-refractivity contribution >= 4 is 33.7 Å². The Kier molecular flexibility index (Phi) is 9.52. The van der Waals surface area contributed by atoms with Crippen molar-refractivity contribution < 1.29 is 27.5 Å². The molecule has 210 valence electrons. The number of hydrogen-bond donors (Lipinski definition) is 1. The third-order valence-corrected chi connectivity index (χ3v) is 8.06. The van der Waals surface area contributed by atoms with Gasteiger partial charge in [-0.15, -0.1) is 0 Å². The minimum atomic E-state index is -4.02. The number of nitrogens with one attached hydrogen (secondary N) is 1. The predicted molar refractivity (Wildman–Crippen MR) is 152 cm³/mol. The van der Waals surface area contributed by atoms with E-state index in [1.165, 1.54) is 18.3 Å². The lowest BCUT2D eigenvalue weighted by Gasteiger charge is -2.26. The van der Waals surface area contributed by atoms with E-state index in [0.29, 0.717) is 48.9 Å². The number of rotatable bonds is 10. The van der Waals surface area contributed by atoms with E-state index in [0.717, 1.165) is 9.87 Å². The van der Waals surface area contributed by atoms with Crippen molar-refractivity contribution in [3.63, 3.8) is 0 Å². The average Bonchev–Trinajstić information content (AvgIpc) is 2.96. The maximum absolute atomic E-state index is 13.5. The van der Waals surface area contributed by atoms with Crippen molar-refractivity contribution in [1.82, 2.24) is 10.3 Å². The fraction of sp³-hybridized carbons (Fsp3) is 0.276. The lowest BCUT2D eigenvalue weighted by Crippen LogP contribution is -2.42. The van der Waals surface area contributed by atoms with Crippen LogP contribution >= 0.6 is 0 Å². The molecule has 0 bridgehead atoms. The smallest absolute Gasteiger partial charge is 0.264 e. The Morgan fingerprint density at radius 2 is 1.68 bits per heavy atom. The molecule has 0 spiro atoms. The number of benzene rings is 3. The van der Waals surface area contributed by atoms with Gasteiger partial charge >= 0.3 is 0 Å². The number of hydrazone groups is 1. The van der Waals surface area contributed by atoms with Crippen LogP contribution in [0.1, 0.15) is 16.7 Å². The topological polar surface area (TPSA) is 118 Å². The van der Waals surface area contributed by atoms with E-state index in [2.05, 4.69) is 10.5 Å². The molecule has 1 aliphatic heterocycles. The zero-order chi connectivity index (χ0) is 28.5. The summed E-state index contributed by atoms with van der Waals surface area (Å²) >= 11 is 0. The number of amides is 2. The average molecular weight is 565 g/mol. The third-order valence-electron chi connectivity index (χ3n) is 6.29. The molecule has 0 atom stereocenters. The SMILES string of the molecule is Cc1ccc(S(=O)(=O)N(CC(=O)N/N=C\c2ccc(OCC(=O)N3CCOCC3)cc2)c2ccccc2C)cc1. The minimum Gasteiger partial charge on any atom is -0.484 e. The van der Waals surface area contributed by atoms with Crippen LogP contribution in [0.3, 0.4) is 0 Å². The van der Waals surface area contributed by atoms with Crippen LogP contribution in [-0.2, 0) is 24.3 Å². The molecule has 40 heavy (non-hydrogen) atoms. The van der Waals surface area contributed by atoms with Crippen LogP contribution in [0.4, 0.5) is 5.69 Å². The summed E-state index contributed by atoms with van der Waals surface area (Å²) in [5.41, 5.74) is 5.13. The molecule has 0 aliphatic carbocycles. The molecule has 1 heterocycles. The summed E-state index contributed by atoms with van der Waals surface area (Å²) in [5, 5.41) is 3.98. The minimum absolute atomic E-state index is 0.0631. The Balaban J connectivity index is 1.37. The van der Waals surface area contributed by atoms with Gasteiger partial charge in [0.15, 0.2) is 6.61 Å². The lowest BCUT2D eigenvalue weighted by molar-refractivity contribution is -0.137. The second-order valence-corrected chi connectivity index (χ2v) is 11.1. The summed E-state index contributed by atoms with van der Waals surface area (Å²) in [6.45, 7) is 5.32. The van der Waals surface area contributed by atoms with Crippen LogP contribution < -0.4 is 14.5 Å². The highest BCUT2D eigenvalue weighted by molar-refractivity contribution is 7.92. The first-order valence-electron chi connectivity index (χ1n) is 12.8. The zero-order valence-corrected chi connectivity index (χ0v) is 23.3. The molecule has 1 saturated heterocycles. The molecule has 0 saturated carbocycles. The van der Waals surface area contributed by atoms with E-state index in [1.54, 1.807) is 72.5 Å². The van der Waals surface area contributed by atoms with E-state index in [1.807, 2.05) is 6.92 Å². The fourth-order valence-electron chi connectivity index (χ4n) is 4.02. The first kappa shape index (κ1) is 28.8. The van der Waals surface area contributed by atoms with E-state index in [-0.39, 0.29) is 17.4 Å². The number of sulfonamides is 1. The normalized spacial score (nSPS) is 13.7. The fourth-order valence-corrected chi connectivity index (χ4v) is 5.51. The molecule has 11 heteroatoms. The molecular formula is C29H32N4O6S. The number of ether oxygens (including phenoxy) is 2. The highest BCUT2D eigenvalue weighted by Gasteiger charge is 2.28. The second kappa shape index (κ2) is 13.2. The Hall–Kier alpha value is -4.22. The van der Waals surface area contributed by atoms with Crippen molar-refractivity contribution in [3.8, 4) is 5.75 Å². The monoisotopic (exact) mass is 564 g/mol. The summed E-state index contributed by atoms with van der Waals surface area (Å²) < 4.78 is 38.9. The van der Waals surface area contributed by atoms with Gasteiger partial charge in [-0.25, -0.2) is 13.8 Å². The van der Waals surface area contributed by atoms with Gasteiger partial charge in [-0.2, -0.15) is 5.10 Å². The van der Waals surface area contributed by atoms with Crippen LogP contribution in [0.2, 0.25) is 0 Å². The molecule has 1 fully saturated rings. The first-order chi connectivity index (χ1) is 19.2. The molecule has 0 unspecified atom stereocenters. The molecule has 1 aliphatic rings. The number of morpholine rings is 1. The van der Waals surface area contributed by atoms with E-state index in [4.69, 9.17) is 9.47 Å². The summed E-state index contributed by atoms with van der Waals surface area (Å²) in [4.78, 5) is 26.8. The number of anilines is 1. The lowest BCUT2D eigenvalue weighted by atomic mass is 10.2. The summed E-state index contributed by atoms with van der Waals surface area (Å²) in [5.74, 6) is -0.171. The van der Waals surface area contributed by atoms with Crippen molar-refractivity contribution in [2.24, 2.45) is 5.10 Å². The quantitative estimate of drug-likeness (QED) is 0.299. The van der Waals surface area contributed by atoms with Crippen LogP contribution in [0.15, 0.2) is 82.8 Å². The Morgan fingerprint density at radius 3 is 2.35 bits per heavy atom. The summed E-state index contributed by atoms with van der Waals surface area (Å²) in [6, 6.07) is 20.3. The van der Waals surface area contributed by atoms with E-state index >= 15 is 0 Å². The summed E-state index contributed by atoms with van der Waals surface area (Å²) in [7, 11) is -4.02. The Labute approximate surface area is 234 Å². The van der Waals surface area contributed by atoms with Crippen LogP contribution in [0.25, 0.3) is 0 Å². The highest BCUT2D eigenvalue weighted by Crippen LogP contribution is 2.26. The molecular weight excluding hydrogens is 532 g/mol. The van der Waals surface area contributed by atoms with Crippen LogP contribution in [0.5, 0.6) is 5.75 Å². The summed E-state index contributed by atoms with van der Waals surface area (Å²) in [6.07, 6.45) is 1.44. The van der Waals surface area contributed by atoms with Gasteiger partial charge in [-0.3, -0.25) is 13.9 Å². The molecule has 3 aromatic rings. The van der Waals surface area contributed by atoms with Crippen molar-refractivity contribution in [3.05, 3.63) is 89.5 Å². The van der Waals surface area contributed by atoms with Crippen LogP contribution in [-0.4, -0.2) is 70.8 Å². The number of carbonyl (C=O) groups excluding carboxylic acids is 2. The maximum atomic E-state index is 13.5. The number of hydrogen-bond acceptors (Lipinski definition) is 7. The van der Waals surface area contributed by atoms with Gasteiger partial charge < -0.3 is 14.4 Å². The highest BCUT2D eigenvalue weighted by atomic mass is 32.2. The predicted octanol–water partition coefficient (Wildman–Crippen LogP) is 2.89. The van der Waals surface area contributed by atoms with Crippen LogP contribution in [0, 0.1) is 13.8 Å². The zero-order valence-electron chi connectivity index (χ0n) is 22.4. The maximum Gasteiger partial charge on any atom is 0.264 e. The Bertz CT molecular complexity index is 1450. The van der Waals surface area contributed by atoms with Gasteiger partial charge in [-0.05, 0) is 67.4 Å². The van der Waals surface area contributed by atoms with Crippen molar-refractivity contribution in [2.45, 2.75) is 18.7 Å².